The number of hydrogen-bond donors (Lipinski definition) is 1. The second-order valence-corrected chi connectivity index (χ2v) is 8.45. The first-order valence-electron chi connectivity index (χ1n) is 8.02. The Morgan fingerprint density at radius 3 is 2.58 bits per heavy atom. The van der Waals surface area contributed by atoms with Crippen LogP contribution in [0.5, 0.6) is 0 Å². The molecule has 3 rings (SSSR count). The Bertz CT molecular complexity index is 836. The second-order valence-electron chi connectivity index (χ2n) is 6.31. The van der Waals surface area contributed by atoms with Crippen LogP contribution >= 0.6 is 0 Å². The largest absolute Gasteiger partial charge is 0.468 e. The van der Waals surface area contributed by atoms with E-state index in [1.165, 1.54) is 6.26 Å². The molecule has 0 radical (unpaired) electrons. The fraction of sp³-hybridized carbons (Fsp3) is 0.389. The second kappa shape index (κ2) is 6.43. The average molecular weight is 347 g/mol. The van der Waals surface area contributed by atoms with E-state index in [-0.39, 0.29) is 23.3 Å². The summed E-state index contributed by atoms with van der Waals surface area (Å²) in [6, 6.07) is 8.36. The van der Waals surface area contributed by atoms with Crippen molar-refractivity contribution < 1.29 is 17.6 Å². The van der Waals surface area contributed by atoms with Gasteiger partial charge in [-0.15, -0.1) is 0 Å². The Balaban J connectivity index is 1.90. The smallest absolute Gasteiger partial charge is 0.223 e. The predicted molar refractivity (Wildman–Crippen MR) is 90.3 cm³/mol. The van der Waals surface area contributed by atoms with Gasteiger partial charge in [0.05, 0.1) is 11.2 Å². The molecule has 0 unspecified atom stereocenters. The van der Waals surface area contributed by atoms with E-state index in [0.717, 1.165) is 24.0 Å². The number of carbonyl (C=O) groups excluding carboxylic acids is 1. The standard InChI is InChI=1S/C18H21NO4S/c1-12-5-8-15(10-13(12)2)24(21,22)17(16-4-3-9-23-16)11-19-18(20)14-6-7-14/h3-5,8-10,14,17H,6-7,11H2,1-2H3,(H,19,20)/t17-/m1/s1. The van der Waals surface area contributed by atoms with E-state index < -0.39 is 15.1 Å². The van der Waals surface area contributed by atoms with E-state index in [1.807, 2.05) is 13.8 Å². The number of benzene rings is 1. The van der Waals surface area contributed by atoms with Gasteiger partial charge in [-0.05, 0) is 62.1 Å². The van der Waals surface area contributed by atoms with Gasteiger partial charge in [0, 0.05) is 12.5 Å². The maximum atomic E-state index is 13.1. The summed E-state index contributed by atoms with van der Waals surface area (Å²) < 4.78 is 31.5. The molecule has 5 nitrogen and oxygen atoms in total. The third kappa shape index (κ3) is 3.38. The SMILES string of the molecule is Cc1ccc(S(=O)(=O)[C@H](CNC(=O)C2CC2)c2ccco2)cc1C. The Morgan fingerprint density at radius 1 is 1.25 bits per heavy atom. The van der Waals surface area contributed by atoms with Crippen LogP contribution in [0.2, 0.25) is 0 Å². The number of furan rings is 1. The van der Waals surface area contributed by atoms with Gasteiger partial charge < -0.3 is 9.73 Å². The lowest BCUT2D eigenvalue weighted by Crippen LogP contribution is -2.32. The fourth-order valence-electron chi connectivity index (χ4n) is 2.58. The van der Waals surface area contributed by atoms with Crippen molar-refractivity contribution >= 4 is 15.7 Å². The summed E-state index contributed by atoms with van der Waals surface area (Å²) >= 11 is 0. The van der Waals surface area contributed by atoms with E-state index in [0.29, 0.717) is 5.76 Å². The van der Waals surface area contributed by atoms with E-state index in [1.54, 1.807) is 30.3 Å². The van der Waals surface area contributed by atoms with Gasteiger partial charge >= 0.3 is 0 Å². The number of amides is 1. The lowest BCUT2D eigenvalue weighted by molar-refractivity contribution is -0.122. The minimum atomic E-state index is -3.67. The van der Waals surface area contributed by atoms with Crippen molar-refractivity contribution in [1.82, 2.24) is 5.32 Å². The summed E-state index contributed by atoms with van der Waals surface area (Å²) in [6.07, 6.45) is 3.20. The Labute approximate surface area is 142 Å². The number of nitrogens with one attached hydrogen (secondary N) is 1. The highest BCUT2D eigenvalue weighted by atomic mass is 32.2. The lowest BCUT2D eigenvalue weighted by Gasteiger charge is -2.17. The molecule has 0 saturated heterocycles. The topological polar surface area (TPSA) is 76.4 Å². The first kappa shape index (κ1) is 16.8. The van der Waals surface area contributed by atoms with Crippen LogP contribution in [0, 0.1) is 19.8 Å². The van der Waals surface area contributed by atoms with Gasteiger partial charge in [0.1, 0.15) is 11.0 Å². The van der Waals surface area contributed by atoms with Gasteiger partial charge in [-0.1, -0.05) is 6.07 Å². The summed E-state index contributed by atoms with van der Waals surface area (Å²) in [4.78, 5) is 12.1. The molecule has 1 amide bonds. The quantitative estimate of drug-likeness (QED) is 0.872. The van der Waals surface area contributed by atoms with Crippen LogP contribution in [-0.2, 0) is 14.6 Å². The molecular weight excluding hydrogens is 326 g/mol. The summed E-state index contributed by atoms with van der Waals surface area (Å²) in [5.41, 5.74) is 1.95. The van der Waals surface area contributed by atoms with Crippen molar-refractivity contribution in [2.75, 3.05) is 6.54 Å². The lowest BCUT2D eigenvalue weighted by atomic mass is 10.1. The highest BCUT2D eigenvalue weighted by Gasteiger charge is 2.34. The number of hydrogen-bond acceptors (Lipinski definition) is 4. The van der Waals surface area contributed by atoms with Crippen LogP contribution < -0.4 is 5.32 Å². The third-order valence-electron chi connectivity index (χ3n) is 4.45. The number of carbonyl (C=O) groups is 1. The van der Waals surface area contributed by atoms with Crippen LogP contribution in [0.1, 0.15) is 35.0 Å². The summed E-state index contributed by atoms with van der Waals surface area (Å²) in [5.74, 6) is 0.290. The molecule has 0 spiro atoms. The highest BCUT2D eigenvalue weighted by Crippen LogP contribution is 2.32. The van der Waals surface area contributed by atoms with Gasteiger partial charge in [0.25, 0.3) is 0 Å². The van der Waals surface area contributed by atoms with Crippen molar-refractivity contribution in [2.24, 2.45) is 5.92 Å². The maximum absolute atomic E-state index is 13.1. The summed E-state index contributed by atoms with van der Waals surface area (Å²) in [6.45, 7) is 3.83. The molecule has 1 heterocycles. The highest BCUT2D eigenvalue weighted by molar-refractivity contribution is 7.91. The molecule has 1 aromatic heterocycles. The zero-order valence-electron chi connectivity index (χ0n) is 13.8. The predicted octanol–water partition coefficient (Wildman–Crippen LogP) is 2.94. The molecule has 1 N–H and O–H groups in total. The molecule has 2 aromatic rings. The monoisotopic (exact) mass is 347 g/mol. The molecule has 6 heteroatoms. The molecule has 1 fully saturated rings. The number of sulfone groups is 1. The molecule has 0 aliphatic heterocycles. The molecule has 0 bridgehead atoms. The zero-order chi connectivity index (χ0) is 17.3. The van der Waals surface area contributed by atoms with E-state index in [2.05, 4.69) is 5.32 Å². The van der Waals surface area contributed by atoms with Gasteiger partial charge in [-0.25, -0.2) is 8.42 Å². The van der Waals surface area contributed by atoms with Crippen LogP contribution in [0.3, 0.4) is 0 Å². The van der Waals surface area contributed by atoms with Crippen LogP contribution in [0.25, 0.3) is 0 Å². The molecule has 1 aliphatic rings. The van der Waals surface area contributed by atoms with Gasteiger partial charge in [0.2, 0.25) is 5.91 Å². The normalized spacial score (nSPS) is 15.9. The van der Waals surface area contributed by atoms with Crippen molar-refractivity contribution in [1.29, 1.82) is 0 Å². The molecule has 24 heavy (non-hydrogen) atoms. The summed E-state index contributed by atoms with van der Waals surface area (Å²) in [7, 11) is -3.67. The third-order valence-corrected chi connectivity index (χ3v) is 6.51. The first-order valence-corrected chi connectivity index (χ1v) is 9.56. The fourth-order valence-corrected chi connectivity index (χ4v) is 4.25. The molecule has 1 atom stereocenters. The Kier molecular flexibility index (Phi) is 4.49. The first-order chi connectivity index (χ1) is 11.4. The van der Waals surface area contributed by atoms with Crippen molar-refractivity contribution in [3.05, 3.63) is 53.5 Å². The number of rotatable bonds is 6. The summed E-state index contributed by atoms with van der Waals surface area (Å²) in [5, 5.41) is 1.82. The molecule has 1 saturated carbocycles. The Morgan fingerprint density at radius 2 is 2.00 bits per heavy atom. The molecule has 128 valence electrons. The van der Waals surface area contributed by atoms with Gasteiger partial charge in [-0.2, -0.15) is 0 Å². The minimum Gasteiger partial charge on any atom is -0.468 e. The molecular formula is C18H21NO4S. The van der Waals surface area contributed by atoms with Gasteiger partial charge in [-0.3, -0.25) is 4.79 Å². The molecule has 1 aliphatic carbocycles. The van der Waals surface area contributed by atoms with Crippen molar-refractivity contribution in [3.8, 4) is 0 Å². The van der Waals surface area contributed by atoms with Crippen molar-refractivity contribution in [3.63, 3.8) is 0 Å². The van der Waals surface area contributed by atoms with E-state index in [4.69, 9.17) is 4.42 Å². The van der Waals surface area contributed by atoms with Gasteiger partial charge in [0.15, 0.2) is 9.84 Å². The molecule has 1 aromatic carbocycles. The average Bonchev–Trinajstić information content (AvgIpc) is 3.26. The number of aryl methyl sites for hydroxylation is 2. The van der Waals surface area contributed by atoms with Crippen molar-refractivity contribution in [2.45, 2.75) is 36.8 Å². The zero-order valence-corrected chi connectivity index (χ0v) is 14.6. The van der Waals surface area contributed by atoms with Crippen LogP contribution in [-0.4, -0.2) is 20.9 Å². The van der Waals surface area contributed by atoms with Crippen LogP contribution in [0.4, 0.5) is 0 Å². The van der Waals surface area contributed by atoms with Crippen LogP contribution in [0.15, 0.2) is 45.9 Å². The van der Waals surface area contributed by atoms with E-state index >= 15 is 0 Å². The van der Waals surface area contributed by atoms with E-state index in [9.17, 15) is 13.2 Å². The maximum Gasteiger partial charge on any atom is 0.223 e. The minimum absolute atomic E-state index is 0.0120. The Hall–Kier alpha value is -2.08.